The lowest BCUT2D eigenvalue weighted by Crippen LogP contribution is -2.14. The molecule has 0 aliphatic heterocycles. The molecule has 0 saturated heterocycles. The topological polar surface area (TPSA) is 33.3 Å². The third-order valence-electron chi connectivity index (χ3n) is 4.75. The second-order valence-corrected chi connectivity index (χ2v) is 7.53. The van der Waals surface area contributed by atoms with Crippen LogP contribution in [0.2, 0.25) is 0 Å². The molecule has 2 atom stereocenters. The summed E-state index contributed by atoms with van der Waals surface area (Å²) in [5.41, 5.74) is 2.29. The summed E-state index contributed by atoms with van der Waals surface area (Å²) >= 11 is 0. The Morgan fingerprint density at radius 2 is 1.04 bits per heavy atom. The molecule has 2 rings (SSSR count). The molecule has 0 spiro atoms. The van der Waals surface area contributed by atoms with Crippen molar-refractivity contribution in [2.45, 2.75) is 78.3 Å². The van der Waals surface area contributed by atoms with Crippen molar-refractivity contribution in [3.63, 3.8) is 0 Å². The first-order valence-electron chi connectivity index (χ1n) is 10.5. The predicted octanol–water partition coefficient (Wildman–Crippen LogP) is 7.46. The molecule has 2 aromatic carbocycles. The number of unbranched alkanes of at least 4 members (excludes halogenated alkanes) is 2. The Kier molecular flexibility index (Phi) is 9.03. The van der Waals surface area contributed by atoms with Gasteiger partial charge in [0.25, 0.3) is 0 Å². The molecule has 3 heteroatoms. The van der Waals surface area contributed by atoms with Gasteiger partial charge in [-0.15, -0.1) is 0 Å². The summed E-state index contributed by atoms with van der Waals surface area (Å²) in [6, 6.07) is 17.4. The minimum atomic E-state index is 0.497. The summed E-state index contributed by atoms with van der Waals surface area (Å²) in [5.74, 6) is 1.72. The van der Waals surface area contributed by atoms with Crippen molar-refractivity contribution in [1.82, 2.24) is 0 Å². The van der Waals surface area contributed by atoms with Gasteiger partial charge in [-0.3, -0.25) is 0 Å². The Morgan fingerprint density at radius 1 is 0.667 bits per heavy atom. The molecule has 0 heterocycles. The van der Waals surface area contributed by atoms with Gasteiger partial charge in [-0.2, -0.15) is 0 Å². The molecule has 2 N–H and O–H groups in total. The van der Waals surface area contributed by atoms with Crippen LogP contribution in [-0.4, -0.2) is 12.1 Å². The van der Waals surface area contributed by atoms with Crippen LogP contribution in [0.3, 0.4) is 0 Å². The van der Waals surface area contributed by atoms with Crippen LogP contribution in [0.4, 0.5) is 11.4 Å². The van der Waals surface area contributed by atoms with Crippen LogP contribution in [0.15, 0.2) is 48.5 Å². The van der Waals surface area contributed by atoms with E-state index in [0.717, 1.165) is 22.9 Å². The fourth-order valence-corrected chi connectivity index (χ4v) is 3.11. The number of rotatable bonds is 12. The first-order chi connectivity index (χ1) is 13.1. The van der Waals surface area contributed by atoms with E-state index in [9.17, 15) is 0 Å². The van der Waals surface area contributed by atoms with Crippen LogP contribution in [0.25, 0.3) is 0 Å². The fourth-order valence-electron chi connectivity index (χ4n) is 3.11. The number of ether oxygens (including phenoxy) is 1. The maximum absolute atomic E-state index is 5.97. The number of benzene rings is 2. The van der Waals surface area contributed by atoms with Crippen molar-refractivity contribution in [1.29, 1.82) is 0 Å². The van der Waals surface area contributed by atoms with E-state index in [0.29, 0.717) is 12.1 Å². The van der Waals surface area contributed by atoms with Gasteiger partial charge < -0.3 is 15.4 Å². The average Bonchev–Trinajstić information content (AvgIpc) is 2.68. The molecule has 0 aromatic heterocycles. The lowest BCUT2D eigenvalue weighted by atomic mass is 10.1. The van der Waals surface area contributed by atoms with Gasteiger partial charge in [0.1, 0.15) is 11.5 Å². The number of hydrogen-bond acceptors (Lipinski definition) is 3. The van der Waals surface area contributed by atoms with Crippen LogP contribution in [0, 0.1) is 0 Å². The fraction of sp³-hybridized carbons (Fsp3) is 0.500. The summed E-state index contributed by atoms with van der Waals surface area (Å²) in [4.78, 5) is 0. The van der Waals surface area contributed by atoms with Crippen molar-refractivity contribution >= 4 is 11.4 Å². The van der Waals surface area contributed by atoms with Crippen LogP contribution in [-0.2, 0) is 0 Å². The van der Waals surface area contributed by atoms with Gasteiger partial charge >= 0.3 is 0 Å². The molecule has 0 saturated carbocycles. The molecular formula is C24H36N2O. The smallest absolute Gasteiger partial charge is 0.127 e. The SMILES string of the molecule is CCCCC(C)Nc1ccc(Oc2ccc(NC(C)CCCC)cc2)cc1. The largest absolute Gasteiger partial charge is 0.457 e. The van der Waals surface area contributed by atoms with Crippen LogP contribution in [0.1, 0.15) is 66.2 Å². The van der Waals surface area contributed by atoms with E-state index in [-0.39, 0.29) is 0 Å². The van der Waals surface area contributed by atoms with Gasteiger partial charge in [-0.05, 0) is 75.2 Å². The molecule has 27 heavy (non-hydrogen) atoms. The molecule has 2 aromatic rings. The van der Waals surface area contributed by atoms with Crippen LogP contribution < -0.4 is 15.4 Å². The van der Waals surface area contributed by atoms with Crippen molar-refractivity contribution < 1.29 is 4.74 Å². The maximum atomic E-state index is 5.97. The Hall–Kier alpha value is -2.16. The van der Waals surface area contributed by atoms with Crippen LogP contribution in [0.5, 0.6) is 11.5 Å². The third-order valence-corrected chi connectivity index (χ3v) is 4.75. The van der Waals surface area contributed by atoms with E-state index >= 15 is 0 Å². The zero-order chi connectivity index (χ0) is 19.5. The summed E-state index contributed by atoms with van der Waals surface area (Å²) in [7, 11) is 0. The first-order valence-corrected chi connectivity index (χ1v) is 10.5. The van der Waals surface area contributed by atoms with Gasteiger partial charge in [0.05, 0.1) is 0 Å². The molecule has 148 valence electrons. The summed E-state index contributed by atoms with van der Waals surface area (Å²) in [5, 5.41) is 7.09. The quantitative estimate of drug-likeness (QED) is 0.408. The highest BCUT2D eigenvalue weighted by Gasteiger charge is 2.04. The number of hydrogen-bond donors (Lipinski definition) is 2. The van der Waals surface area contributed by atoms with E-state index in [1.165, 1.54) is 38.5 Å². The van der Waals surface area contributed by atoms with Crippen molar-refractivity contribution in [2.75, 3.05) is 10.6 Å². The predicted molar refractivity (Wildman–Crippen MR) is 118 cm³/mol. The van der Waals surface area contributed by atoms with Gasteiger partial charge in [0.15, 0.2) is 0 Å². The number of anilines is 2. The van der Waals surface area contributed by atoms with Crippen LogP contribution >= 0.6 is 0 Å². The van der Waals surface area contributed by atoms with E-state index < -0.39 is 0 Å². The Balaban J connectivity index is 1.84. The molecule has 0 radical (unpaired) electrons. The van der Waals surface area contributed by atoms with Gasteiger partial charge in [-0.25, -0.2) is 0 Å². The summed E-state index contributed by atoms with van der Waals surface area (Å²) < 4.78 is 5.97. The minimum Gasteiger partial charge on any atom is -0.457 e. The maximum Gasteiger partial charge on any atom is 0.127 e. The third kappa shape index (κ3) is 7.94. The lowest BCUT2D eigenvalue weighted by Gasteiger charge is -2.16. The van der Waals surface area contributed by atoms with E-state index in [2.05, 4.69) is 62.6 Å². The Morgan fingerprint density at radius 3 is 1.37 bits per heavy atom. The van der Waals surface area contributed by atoms with E-state index in [1.54, 1.807) is 0 Å². The summed E-state index contributed by atoms with van der Waals surface area (Å²) in [6.45, 7) is 8.93. The normalized spacial score (nSPS) is 13.0. The van der Waals surface area contributed by atoms with Crippen molar-refractivity contribution in [3.8, 4) is 11.5 Å². The molecule has 0 aliphatic rings. The van der Waals surface area contributed by atoms with Gasteiger partial charge in [0.2, 0.25) is 0 Å². The average molecular weight is 369 g/mol. The molecular weight excluding hydrogens is 332 g/mol. The minimum absolute atomic E-state index is 0.497. The molecule has 0 bridgehead atoms. The highest BCUT2D eigenvalue weighted by Crippen LogP contribution is 2.25. The zero-order valence-corrected chi connectivity index (χ0v) is 17.4. The van der Waals surface area contributed by atoms with Gasteiger partial charge in [0, 0.05) is 23.5 Å². The second-order valence-electron chi connectivity index (χ2n) is 7.53. The Bertz CT molecular complexity index is 579. The van der Waals surface area contributed by atoms with Gasteiger partial charge in [-0.1, -0.05) is 39.5 Å². The zero-order valence-electron chi connectivity index (χ0n) is 17.4. The van der Waals surface area contributed by atoms with E-state index in [1.807, 2.05) is 24.3 Å². The Labute approximate surface area is 165 Å². The summed E-state index contributed by atoms with van der Waals surface area (Å²) in [6.07, 6.45) is 7.41. The molecule has 3 nitrogen and oxygen atoms in total. The number of nitrogens with one attached hydrogen (secondary N) is 2. The standard InChI is InChI=1S/C24H36N2O/c1-5-7-9-19(3)25-21-11-15-23(16-12-21)27-24-17-13-22(14-18-24)26-20(4)10-8-6-2/h11-20,25-26H,5-10H2,1-4H3. The molecule has 2 unspecified atom stereocenters. The van der Waals surface area contributed by atoms with Crippen molar-refractivity contribution in [3.05, 3.63) is 48.5 Å². The molecule has 0 fully saturated rings. The molecule has 0 aliphatic carbocycles. The second kappa shape index (κ2) is 11.5. The first kappa shape index (κ1) is 21.1. The highest BCUT2D eigenvalue weighted by molar-refractivity contribution is 5.50. The lowest BCUT2D eigenvalue weighted by molar-refractivity contribution is 0.483. The molecule has 0 amide bonds. The van der Waals surface area contributed by atoms with E-state index in [4.69, 9.17) is 4.74 Å². The monoisotopic (exact) mass is 368 g/mol. The highest BCUT2D eigenvalue weighted by atomic mass is 16.5. The van der Waals surface area contributed by atoms with Crippen molar-refractivity contribution in [2.24, 2.45) is 0 Å².